The molecule has 0 amide bonds. The van der Waals surface area contributed by atoms with E-state index in [0.29, 0.717) is 10.8 Å². The topological polar surface area (TPSA) is 38.9 Å². The van der Waals surface area contributed by atoms with Crippen molar-refractivity contribution in [1.82, 2.24) is 4.98 Å². The summed E-state index contributed by atoms with van der Waals surface area (Å²) in [5.74, 6) is 0. The lowest BCUT2D eigenvalue weighted by Crippen LogP contribution is -1.99. The molecule has 1 rings (SSSR count). The van der Waals surface area contributed by atoms with Crippen LogP contribution in [0.5, 0.6) is 0 Å². The molecule has 0 spiro atoms. The summed E-state index contributed by atoms with van der Waals surface area (Å²) in [7, 11) is 0. The first-order chi connectivity index (χ1) is 6.57. The van der Waals surface area contributed by atoms with Crippen LogP contribution in [0.4, 0.5) is 5.69 Å². The molecular formula is C11H15ClN2. The summed E-state index contributed by atoms with van der Waals surface area (Å²) in [6.07, 6.45) is 3.69. The van der Waals surface area contributed by atoms with Crippen LogP contribution in [0.25, 0.3) is 5.57 Å². The minimum Gasteiger partial charge on any atom is -0.398 e. The number of allylic oxidation sites excluding steroid dienone is 1. The Bertz CT molecular complexity index is 359. The Kier molecular flexibility index (Phi) is 3.53. The Hall–Kier alpha value is -1.02. The van der Waals surface area contributed by atoms with Gasteiger partial charge >= 0.3 is 0 Å². The first-order valence-corrected chi connectivity index (χ1v) is 5.04. The van der Waals surface area contributed by atoms with E-state index in [4.69, 9.17) is 17.3 Å². The van der Waals surface area contributed by atoms with Crippen molar-refractivity contribution in [3.63, 3.8) is 0 Å². The molecule has 0 atom stereocenters. The van der Waals surface area contributed by atoms with Gasteiger partial charge in [0.05, 0.1) is 0 Å². The summed E-state index contributed by atoms with van der Waals surface area (Å²) >= 11 is 5.85. The molecule has 0 radical (unpaired) electrons. The maximum Gasteiger partial charge on any atom is 0.134 e. The molecule has 1 aromatic rings. The fourth-order valence-corrected chi connectivity index (χ4v) is 1.47. The molecule has 0 fully saturated rings. The Morgan fingerprint density at radius 3 is 2.86 bits per heavy atom. The normalized spacial score (nSPS) is 10.2. The Labute approximate surface area is 89.8 Å². The third-order valence-electron chi connectivity index (χ3n) is 2.24. The van der Waals surface area contributed by atoms with Gasteiger partial charge in [-0.3, -0.25) is 0 Å². The monoisotopic (exact) mass is 210 g/mol. The van der Waals surface area contributed by atoms with E-state index in [0.717, 1.165) is 29.5 Å². The van der Waals surface area contributed by atoms with Crippen molar-refractivity contribution in [3.05, 3.63) is 29.1 Å². The Morgan fingerprint density at radius 2 is 2.29 bits per heavy atom. The largest absolute Gasteiger partial charge is 0.398 e. The van der Waals surface area contributed by atoms with Crippen molar-refractivity contribution in [3.8, 4) is 0 Å². The molecule has 0 aliphatic carbocycles. The number of nitrogen functional groups attached to an aromatic ring is 1. The predicted octanol–water partition coefficient (Wildman–Crippen LogP) is 3.44. The van der Waals surface area contributed by atoms with E-state index in [9.17, 15) is 0 Å². The van der Waals surface area contributed by atoms with E-state index in [1.165, 1.54) is 0 Å². The predicted molar refractivity (Wildman–Crippen MR) is 62.3 cm³/mol. The molecule has 0 saturated heterocycles. The van der Waals surface area contributed by atoms with E-state index in [1.807, 2.05) is 6.92 Å². The van der Waals surface area contributed by atoms with Gasteiger partial charge in [-0.25, -0.2) is 4.98 Å². The van der Waals surface area contributed by atoms with Crippen LogP contribution in [0.2, 0.25) is 5.15 Å². The maximum atomic E-state index is 5.93. The zero-order valence-corrected chi connectivity index (χ0v) is 9.36. The standard InChI is InChI=1S/C11H15ClN2/c1-4-5-7(2)9-6-14-11(12)8(3)10(9)13/h6H,2,4-5H2,1,3H3,(H2,13,14). The van der Waals surface area contributed by atoms with Gasteiger partial charge in [0.1, 0.15) is 5.15 Å². The lowest BCUT2D eigenvalue weighted by atomic mass is 10.0. The van der Waals surface area contributed by atoms with Crippen LogP contribution in [0.3, 0.4) is 0 Å². The number of rotatable bonds is 3. The van der Waals surface area contributed by atoms with E-state index in [2.05, 4.69) is 18.5 Å². The van der Waals surface area contributed by atoms with Crippen LogP contribution in [-0.2, 0) is 0 Å². The average Bonchev–Trinajstić information content (AvgIpc) is 2.15. The molecule has 1 aromatic heterocycles. The molecule has 0 bridgehead atoms. The number of pyridine rings is 1. The zero-order chi connectivity index (χ0) is 10.7. The molecule has 1 heterocycles. The van der Waals surface area contributed by atoms with Crippen LogP contribution in [0.15, 0.2) is 12.8 Å². The lowest BCUT2D eigenvalue weighted by molar-refractivity contribution is 0.974. The molecule has 2 N–H and O–H groups in total. The van der Waals surface area contributed by atoms with Gasteiger partial charge in [0.2, 0.25) is 0 Å². The minimum absolute atomic E-state index is 0.468. The molecule has 0 aromatic carbocycles. The zero-order valence-electron chi connectivity index (χ0n) is 8.60. The highest BCUT2D eigenvalue weighted by molar-refractivity contribution is 6.30. The Morgan fingerprint density at radius 1 is 1.64 bits per heavy atom. The first kappa shape index (κ1) is 11.1. The molecule has 2 nitrogen and oxygen atoms in total. The number of halogens is 1. The van der Waals surface area contributed by atoms with Gasteiger partial charge in [-0.05, 0) is 18.9 Å². The molecular weight excluding hydrogens is 196 g/mol. The summed E-state index contributed by atoms with van der Waals surface area (Å²) in [5.41, 5.74) is 9.41. The summed E-state index contributed by atoms with van der Waals surface area (Å²) in [4.78, 5) is 4.07. The van der Waals surface area contributed by atoms with Crippen molar-refractivity contribution in [1.29, 1.82) is 0 Å². The molecule has 76 valence electrons. The van der Waals surface area contributed by atoms with Gasteiger partial charge in [0.15, 0.2) is 0 Å². The first-order valence-electron chi connectivity index (χ1n) is 4.66. The molecule has 14 heavy (non-hydrogen) atoms. The van der Waals surface area contributed by atoms with Gasteiger partial charge in [-0.15, -0.1) is 0 Å². The van der Waals surface area contributed by atoms with E-state index in [1.54, 1.807) is 6.20 Å². The highest BCUT2D eigenvalue weighted by atomic mass is 35.5. The van der Waals surface area contributed by atoms with Crippen molar-refractivity contribution in [2.45, 2.75) is 26.7 Å². The quantitative estimate of drug-likeness (QED) is 0.777. The van der Waals surface area contributed by atoms with E-state index in [-0.39, 0.29) is 0 Å². The molecule has 0 unspecified atom stereocenters. The smallest absolute Gasteiger partial charge is 0.134 e. The van der Waals surface area contributed by atoms with E-state index >= 15 is 0 Å². The van der Waals surface area contributed by atoms with Crippen molar-refractivity contribution >= 4 is 22.9 Å². The highest BCUT2D eigenvalue weighted by Gasteiger charge is 2.08. The van der Waals surface area contributed by atoms with Gasteiger partial charge in [0, 0.05) is 23.0 Å². The third kappa shape index (κ3) is 2.07. The van der Waals surface area contributed by atoms with Crippen LogP contribution < -0.4 is 5.73 Å². The molecule has 0 aliphatic rings. The van der Waals surface area contributed by atoms with E-state index < -0.39 is 0 Å². The number of aromatic nitrogens is 1. The van der Waals surface area contributed by atoms with Crippen LogP contribution in [0.1, 0.15) is 30.9 Å². The number of nitrogens with two attached hydrogens (primary N) is 1. The van der Waals surface area contributed by atoms with Crippen molar-refractivity contribution in [2.75, 3.05) is 5.73 Å². The van der Waals surface area contributed by atoms with Crippen LogP contribution in [0, 0.1) is 6.92 Å². The second-order valence-electron chi connectivity index (χ2n) is 3.35. The summed E-state index contributed by atoms with van der Waals surface area (Å²) in [5, 5.41) is 0.468. The number of nitrogens with zero attached hydrogens (tertiary/aromatic N) is 1. The van der Waals surface area contributed by atoms with Crippen molar-refractivity contribution < 1.29 is 0 Å². The van der Waals surface area contributed by atoms with Crippen LogP contribution in [-0.4, -0.2) is 4.98 Å². The molecule has 0 aliphatic heterocycles. The minimum atomic E-state index is 0.468. The van der Waals surface area contributed by atoms with Gasteiger partial charge < -0.3 is 5.73 Å². The van der Waals surface area contributed by atoms with Gasteiger partial charge in [-0.1, -0.05) is 31.5 Å². The third-order valence-corrected chi connectivity index (χ3v) is 2.62. The lowest BCUT2D eigenvalue weighted by Gasteiger charge is -2.10. The van der Waals surface area contributed by atoms with Gasteiger partial charge in [0.25, 0.3) is 0 Å². The molecule has 0 saturated carbocycles. The second-order valence-corrected chi connectivity index (χ2v) is 3.71. The van der Waals surface area contributed by atoms with Gasteiger partial charge in [-0.2, -0.15) is 0 Å². The van der Waals surface area contributed by atoms with Crippen molar-refractivity contribution in [2.24, 2.45) is 0 Å². The molecule has 3 heteroatoms. The average molecular weight is 211 g/mol. The number of hydrogen-bond acceptors (Lipinski definition) is 2. The Balaban J connectivity index is 3.11. The number of hydrogen-bond donors (Lipinski definition) is 1. The summed E-state index contributed by atoms with van der Waals surface area (Å²) in [6, 6.07) is 0. The maximum absolute atomic E-state index is 5.93. The second kappa shape index (κ2) is 4.47. The fourth-order valence-electron chi connectivity index (χ4n) is 1.32. The SMILES string of the molecule is C=C(CCC)c1cnc(Cl)c(C)c1N. The summed E-state index contributed by atoms with van der Waals surface area (Å²) < 4.78 is 0. The van der Waals surface area contributed by atoms with Crippen LogP contribution >= 0.6 is 11.6 Å². The summed E-state index contributed by atoms with van der Waals surface area (Å²) in [6.45, 7) is 7.96. The fraction of sp³-hybridized carbons (Fsp3) is 0.364. The highest BCUT2D eigenvalue weighted by Crippen LogP contribution is 2.28. The number of anilines is 1.